The van der Waals surface area contributed by atoms with Crippen LogP contribution in [0.4, 0.5) is 0 Å². The molecule has 1 aromatic carbocycles. The first kappa shape index (κ1) is 18.1. The molecule has 1 heterocycles. The van der Waals surface area contributed by atoms with Crippen molar-refractivity contribution in [2.24, 2.45) is 0 Å². The molecule has 0 radical (unpaired) electrons. The Morgan fingerprint density at radius 3 is 2.95 bits per heavy atom. The minimum Gasteiger partial charge on any atom is -0.496 e. The van der Waals surface area contributed by atoms with Crippen molar-refractivity contribution < 1.29 is 9.53 Å². The Bertz CT molecular complexity index is 453. The van der Waals surface area contributed by atoms with E-state index in [9.17, 15) is 4.79 Å². The lowest BCUT2D eigenvalue weighted by molar-refractivity contribution is -0.122. The summed E-state index contributed by atoms with van der Waals surface area (Å²) in [7, 11) is 1.65. The third-order valence-corrected chi connectivity index (χ3v) is 4.54. The highest BCUT2D eigenvalue weighted by molar-refractivity contribution is 7.99. The van der Waals surface area contributed by atoms with Crippen LogP contribution in [-0.2, 0) is 4.79 Å². The Morgan fingerprint density at radius 2 is 2.29 bits per heavy atom. The fourth-order valence-corrected chi connectivity index (χ4v) is 3.33. The predicted octanol–water partition coefficient (Wildman–Crippen LogP) is 2.39. The molecule has 0 saturated carbocycles. The molecule has 0 spiro atoms. The van der Waals surface area contributed by atoms with E-state index >= 15 is 0 Å². The summed E-state index contributed by atoms with van der Waals surface area (Å²) in [6, 6.07) is 8.03. The molecule has 2 rings (SSSR count). The molecule has 1 aliphatic heterocycles. The van der Waals surface area contributed by atoms with Crippen molar-refractivity contribution >= 4 is 30.1 Å². The van der Waals surface area contributed by atoms with E-state index in [1.54, 1.807) is 7.11 Å². The van der Waals surface area contributed by atoms with E-state index in [0.29, 0.717) is 12.5 Å². The molecule has 1 aliphatic rings. The number of carbonyl (C=O) groups excluding carboxylic acids is 1. The third-order valence-electron chi connectivity index (χ3n) is 3.41. The lowest BCUT2D eigenvalue weighted by Crippen LogP contribution is -2.41. The van der Waals surface area contributed by atoms with Crippen molar-refractivity contribution in [3.05, 3.63) is 29.8 Å². The van der Waals surface area contributed by atoms with Gasteiger partial charge in [-0.25, -0.2) is 0 Å². The van der Waals surface area contributed by atoms with Gasteiger partial charge in [0, 0.05) is 36.1 Å². The fraction of sp³-hybridized carbons (Fsp3) is 0.533. The van der Waals surface area contributed by atoms with E-state index < -0.39 is 0 Å². The minimum atomic E-state index is -0.0464. The number of amides is 1. The number of nitrogens with one attached hydrogen (secondary N) is 2. The molecule has 2 unspecified atom stereocenters. The molecule has 118 valence electrons. The number of methoxy groups -OCH3 is 1. The summed E-state index contributed by atoms with van der Waals surface area (Å²) in [5.41, 5.74) is 1.01. The summed E-state index contributed by atoms with van der Waals surface area (Å²) < 4.78 is 5.33. The molecule has 0 aliphatic carbocycles. The van der Waals surface area contributed by atoms with Gasteiger partial charge in [0.2, 0.25) is 5.91 Å². The number of thioether (sulfide) groups is 1. The molecule has 1 aromatic rings. The van der Waals surface area contributed by atoms with Crippen molar-refractivity contribution in [1.82, 2.24) is 10.6 Å². The molecular formula is C15H23ClN2O2S. The van der Waals surface area contributed by atoms with Crippen LogP contribution in [0.3, 0.4) is 0 Å². The Kier molecular flexibility index (Phi) is 7.93. The van der Waals surface area contributed by atoms with E-state index in [2.05, 4.69) is 10.6 Å². The van der Waals surface area contributed by atoms with Gasteiger partial charge in [-0.3, -0.25) is 4.79 Å². The molecule has 21 heavy (non-hydrogen) atoms. The first-order valence-corrected chi connectivity index (χ1v) is 8.09. The molecule has 0 aromatic heterocycles. The van der Waals surface area contributed by atoms with Gasteiger partial charge in [-0.15, -0.1) is 12.4 Å². The van der Waals surface area contributed by atoms with Crippen LogP contribution in [-0.4, -0.2) is 37.1 Å². The highest BCUT2D eigenvalue weighted by Crippen LogP contribution is 2.24. The number of rotatable bonds is 5. The van der Waals surface area contributed by atoms with Gasteiger partial charge < -0.3 is 15.4 Å². The normalized spacial score (nSPS) is 19.2. The first-order valence-electron chi connectivity index (χ1n) is 6.94. The van der Waals surface area contributed by atoms with E-state index in [0.717, 1.165) is 29.4 Å². The second-order valence-electron chi connectivity index (χ2n) is 4.96. The first-order chi connectivity index (χ1) is 9.70. The molecular weight excluding hydrogens is 308 g/mol. The van der Waals surface area contributed by atoms with Gasteiger partial charge in [-0.2, -0.15) is 11.8 Å². The molecule has 2 N–H and O–H groups in total. The van der Waals surface area contributed by atoms with Crippen LogP contribution < -0.4 is 15.4 Å². The van der Waals surface area contributed by atoms with Crippen molar-refractivity contribution in [2.45, 2.75) is 25.4 Å². The topological polar surface area (TPSA) is 50.4 Å². The van der Waals surface area contributed by atoms with Crippen LogP contribution in [0.15, 0.2) is 24.3 Å². The molecule has 0 bridgehead atoms. The van der Waals surface area contributed by atoms with Crippen LogP contribution in [0.5, 0.6) is 5.75 Å². The van der Waals surface area contributed by atoms with Gasteiger partial charge in [0.25, 0.3) is 0 Å². The maximum atomic E-state index is 12.1. The van der Waals surface area contributed by atoms with E-state index in [1.807, 2.05) is 43.0 Å². The third kappa shape index (κ3) is 5.41. The molecule has 1 fully saturated rings. The van der Waals surface area contributed by atoms with E-state index in [4.69, 9.17) is 4.74 Å². The lowest BCUT2D eigenvalue weighted by Gasteiger charge is -2.24. The Labute approximate surface area is 136 Å². The van der Waals surface area contributed by atoms with Crippen LogP contribution >= 0.6 is 24.2 Å². The maximum absolute atomic E-state index is 12.1. The lowest BCUT2D eigenvalue weighted by atomic mass is 10.1. The van der Waals surface area contributed by atoms with Crippen molar-refractivity contribution in [3.8, 4) is 5.75 Å². The summed E-state index contributed by atoms with van der Waals surface area (Å²) in [4.78, 5) is 12.1. The molecule has 6 heteroatoms. The highest BCUT2D eigenvalue weighted by Gasteiger charge is 2.19. The van der Waals surface area contributed by atoms with Crippen LogP contribution in [0.25, 0.3) is 0 Å². The van der Waals surface area contributed by atoms with Gasteiger partial charge in [0.15, 0.2) is 0 Å². The van der Waals surface area contributed by atoms with E-state index in [1.165, 1.54) is 0 Å². The van der Waals surface area contributed by atoms with Crippen LogP contribution in [0.1, 0.15) is 24.9 Å². The SMILES string of the molecule is COc1ccccc1C(C)NC(=O)CC1CSCCN1.Cl. The standard InChI is InChI=1S/C15H22N2O2S.ClH/c1-11(13-5-3-4-6-14(13)19-2)17-15(18)9-12-10-20-8-7-16-12;/h3-6,11-12,16H,7-10H2,1-2H3,(H,17,18);1H. The summed E-state index contributed by atoms with van der Waals surface area (Å²) in [5.74, 6) is 3.04. The van der Waals surface area contributed by atoms with Gasteiger partial charge in [-0.05, 0) is 13.0 Å². The van der Waals surface area contributed by atoms with E-state index in [-0.39, 0.29) is 24.4 Å². The molecule has 1 saturated heterocycles. The fourth-order valence-electron chi connectivity index (χ4n) is 2.38. The second kappa shape index (κ2) is 9.18. The van der Waals surface area contributed by atoms with Crippen molar-refractivity contribution in [3.63, 3.8) is 0 Å². The van der Waals surface area contributed by atoms with Crippen LogP contribution in [0, 0.1) is 0 Å². The average Bonchev–Trinajstić information content (AvgIpc) is 2.48. The number of halogens is 1. The monoisotopic (exact) mass is 330 g/mol. The minimum absolute atomic E-state index is 0. The van der Waals surface area contributed by atoms with Crippen LogP contribution in [0.2, 0.25) is 0 Å². The zero-order valence-electron chi connectivity index (χ0n) is 12.4. The number of hydrogen-bond donors (Lipinski definition) is 2. The summed E-state index contributed by atoms with van der Waals surface area (Å²) in [5, 5.41) is 6.43. The van der Waals surface area contributed by atoms with Gasteiger partial charge in [-0.1, -0.05) is 18.2 Å². The quantitative estimate of drug-likeness (QED) is 0.870. The molecule has 2 atom stereocenters. The Balaban J connectivity index is 0.00000220. The van der Waals surface area contributed by atoms with Gasteiger partial charge >= 0.3 is 0 Å². The molecule has 1 amide bonds. The smallest absolute Gasteiger partial charge is 0.222 e. The maximum Gasteiger partial charge on any atom is 0.222 e. The second-order valence-corrected chi connectivity index (χ2v) is 6.11. The van der Waals surface area contributed by atoms with Gasteiger partial charge in [0.05, 0.1) is 13.2 Å². The zero-order valence-corrected chi connectivity index (χ0v) is 14.1. The summed E-state index contributed by atoms with van der Waals surface area (Å²) >= 11 is 1.90. The van der Waals surface area contributed by atoms with Gasteiger partial charge in [0.1, 0.15) is 5.75 Å². The number of hydrogen-bond acceptors (Lipinski definition) is 4. The summed E-state index contributed by atoms with van der Waals surface area (Å²) in [6.45, 7) is 2.98. The van der Waals surface area contributed by atoms with Crippen molar-refractivity contribution in [1.29, 1.82) is 0 Å². The number of para-hydroxylation sites is 1. The average molecular weight is 331 g/mol. The van der Waals surface area contributed by atoms with Crippen molar-refractivity contribution in [2.75, 3.05) is 25.2 Å². The Morgan fingerprint density at radius 1 is 1.52 bits per heavy atom. The number of ether oxygens (including phenoxy) is 1. The largest absolute Gasteiger partial charge is 0.496 e. The number of benzene rings is 1. The predicted molar refractivity (Wildman–Crippen MR) is 90.5 cm³/mol. The highest BCUT2D eigenvalue weighted by atomic mass is 35.5. The Hall–Kier alpha value is -0.910. The summed E-state index contributed by atoms with van der Waals surface area (Å²) in [6.07, 6.45) is 0.534. The number of carbonyl (C=O) groups is 1. The molecule has 4 nitrogen and oxygen atoms in total. The zero-order chi connectivity index (χ0) is 14.4.